The Bertz CT molecular complexity index is 215. The molecule has 0 aliphatic carbocycles. The van der Waals surface area contributed by atoms with Crippen molar-refractivity contribution in [1.29, 1.82) is 0 Å². The van der Waals surface area contributed by atoms with Crippen molar-refractivity contribution in [2.75, 3.05) is 0 Å². The monoisotopic (exact) mass is 139 g/mol. The van der Waals surface area contributed by atoms with Gasteiger partial charge >= 0.3 is 0 Å². The van der Waals surface area contributed by atoms with Crippen molar-refractivity contribution in [3.8, 4) is 0 Å². The van der Waals surface area contributed by atoms with Crippen LogP contribution in [0.15, 0.2) is 12.3 Å². The Morgan fingerprint density at radius 1 is 1.90 bits per heavy atom. The first-order valence-electron chi connectivity index (χ1n) is 3.10. The normalized spacial score (nSPS) is 11.9. The highest BCUT2D eigenvalue weighted by molar-refractivity contribution is 5.52. The Hall–Kier alpha value is -1.32. The lowest BCUT2D eigenvalue weighted by atomic mass is 10.3. The van der Waals surface area contributed by atoms with E-state index in [1.165, 1.54) is 0 Å². The van der Waals surface area contributed by atoms with E-state index in [4.69, 9.17) is 5.11 Å². The van der Waals surface area contributed by atoms with Crippen molar-refractivity contribution in [3.63, 3.8) is 0 Å². The quantitative estimate of drug-likeness (QED) is 0.603. The van der Waals surface area contributed by atoms with E-state index < -0.39 is 0 Å². The van der Waals surface area contributed by atoms with Crippen LogP contribution in [0.25, 0.3) is 5.76 Å². The first-order valence-corrected chi connectivity index (χ1v) is 3.10. The number of allylic oxidation sites excluding steroid dienone is 1. The molecule has 0 amide bonds. The van der Waals surface area contributed by atoms with E-state index in [0.29, 0.717) is 5.69 Å². The number of hydrogen-bond acceptors (Lipinski definition) is 3. The minimum Gasteiger partial charge on any atom is -0.506 e. The predicted molar refractivity (Wildman–Crippen MR) is 37.3 cm³/mol. The van der Waals surface area contributed by atoms with Crippen LogP contribution in [-0.4, -0.2) is 20.5 Å². The summed E-state index contributed by atoms with van der Waals surface area (Å²) in [5.74, 6) is 0.177. The van der Waals surface area contributed by atoms with Gasteiger partial charge in [0.1, 0.15) is 11.5 Å². The molecule has 0 spiro atoms. The highest BCUT2D eigenvalue weighted by Crippen LogP contribution is 2.04. The lowest BCUT2D eigenvalue weighted by molar-refractivity contribution is 0.506. The topological polar surface area (TPSA) is 61.8 Å². The van der Waals surface area contributed by atoms with Gasteiger partial charge in [0.25, 0.3) is 0 Å². The van der Waals surface area contributed by atoms with Gasteiger partial charge in [-0.2, -0.15) is 0 Å². The highest BCUT2D eigenvalue weighted by atomic mass is 16.3. The van der Waals surface area contributed by atoms with Gasteiger partial charge in [-0.1, -0.05) is 12.1 Å². The zero-order chi connectivity index (χ0) is 7.40. The van der Waals surface area contributed by atoms with Gasteiger partial charge in [-0.15, -0.1) is 5.10 Å². The zero-order valence-corrected chi connectivity index (χ0v) is 5.70. The van der Waals surface area contributed by atoms with Gasteiger partial charge in [0, 0.05) is 0 Å². The minimum absolute atomic E-state index is 0.177. The molecule has 1 heterocycles. The first-order chi connectivity index (χ1) is 4.84. The molecule has 0 saturated carbocycles. The number of aliphatic hydroxyl groups is 1. The Balaban J connectivity index is 2.77. The summed E-state index contributed by atoms with van der Waals surface area (Å²) in [5, 5.41) is 18.7. The van der Waals surface area contributed by atoms with Crippen LogP contribution >= 0.6 is 0 Å². The number of aliphatic hydroxyl groups excluding tert-OH is 1. The van der Waals surface area contributed by atoms with Gasteiger partial charge in [0.2, 0.25) is 0 Å². The first kappa shape index (κ1) is 6.80. The van der Waals surface area contributed by atoms with Crippen molar-refractivity contribution in [2.45, 2.75) is 13.3 Å². The van der Waals surface area contributed by atoms with Gasteiger partial charge in [-0.25, -0.2) is 0 Å². The second kappa shape index (κ2) is 3.00. The summed E-state index contributed by atoms with van der Waals surface area (Å²) >= 11 is 0. The third-order valence-electron chi connectivity index (χ3n) is 1.08. The second-order valence-corrected chi connectivity index (χ2v) is 1.86. The molecule has 0 atom stereocenters. The summed E-state index contributed by atoms with van der Waals surface area (Å²) in [6.45, 7) is 1.94. The van der Waals surface area contributed by atoms with Gasteiger partial charge in [-0.3, -0.25) is 5.10 Å². The van der Waals surface area contributed by atoms with Crippen LogP contribution < -0.4 is 0 Å². The molecule has 0 unspecified atom stereocenters. The molecule has 0 saturated heterocycles. The van der Waals surface area contributed by atoms with E-state index in [0.717, 1.165) is 6.42 Å². The number of hydrogen-bond donors (Lipinski definition) is 2. The van der Waals surface area contributed by atoms with Crippen molar-refractivity contribution < 1.29 is 5.11 Å². The summed E-state index contributed by atoms with van der Waals surface area (Å²) in [6.07, 6.45) is 4.01. The number of aromatic nitrogens is 3. The fourth-order valence-electron chi connectivity index (χ4n) is 0.625. The number of nitrogens with one attached hydrogen (secondary N) is 1. The van der Waals surface area contributed by atoms with Gasteiger partial charge < -0.3 is 5.11 Å². The van der Waals surface area contributed by atoms with E-state index in [1.54, 1.807) is 12.3 Å². The molecule has 1 aromatic heterocycles. The average Bonchev–Trinajstić information content (AvgIpc) is 2.38. The van der Waals surface area contributed by atoms with Crippen LogP contribution in [0.5, 0.6) is 0 Å². The van der Waals surface area contributed by atoms with Crippen LogP contribution in [0.4, 0.5) is 0 Å². The predicted octanol–water partition coefficient (Wildman–Crippen LogP) is 1.11. The summed E-state index contributed by atoms with van der Waals surface area (Å²) < 4.78 is 0. The Labute approximate surface area is 58.6 Å². The fourth-order valence-corrected chi connectivity index (χ4v) is 0.625. The van der Waals surface area contributed by atoms with Crippen LogP contribution in [0.2, 0.25) is 0 Å². The number of nitrogens with zero attached hydrogens (tertiary/aromatic N) is 2. The maximum Gasteiger partial charge on any atom is 0.146 e. The van der Waals surface area contributed by atoms with Crippen LogP contribution in [0.3, 0.4) is 0 Å². The maximum absolute atomic E-state index is 9.15. The molecule has 54 valence electrons. The molecule has 2 N–H and O–H groups in total. The molecule has 0 fully saturated rings. The molecule has 4 heteroatoms. The minimum atomic E-state index is 0.177. The lowest BCUT2D eigenvalue weighted by Gasteiger charge is -1.89. The van der Waals surface area contributed by atoms with E-state index in [2.05, 4.69) is 15.4 Å². The zero-order valence-electron chi connectivity index (χ0n) is 5.70. The molecule has 0 aliphatic heterocycles. The van der Waals surface area contributed by atoms with Crippen molar-refractivity contribution in [3.05, 3.63) is 18.0 Å². The maximum atomic E-state index is 9.15. The van der Waals surface area contributed by atoms with E-state index in [9.17, 15) is 0 Å². The van der Waals surface area contributed by atoms with Gasteiger partial charge in [0.15, 0.2) is 0 Å². The van der Waals surface area contributed by atoms with Crippen molar-refractivity contribution in [2.24, 2.45) is 0 Å². The average molecular weight is 139 g/mol. The Morgan fingerprint density at radius 2 is 2.70 bits per heavy atom. The third-order valence-corrected chi connectivity index (χ3v) is 1.08. The Kier molecular flexibility index (Phi) is 2.04. The van der Waals surface area contributed by atoms with E-state index in [1.807, 2.05) is 6.92 Å². The molecule has 4 nitrogen and oxygen atoms in total. The third kappa shape index (κ3) is 1.34. The number of rotatable bonds is 2. The molecular formula is C6H9N3O. The van der Waals surface area contributed by atoms with Gasteiger partial charge in [0.05, 0.1) is 6.20 Å². The smallest absolute Gasteiger partial charge is 0.146 e. The SMILES string of the molecule is CC/C=C(/O)c1c[nH]nn1. The number of aromatic amines is 1. The molecule has 0 bridgehead atoms. The number of H-pyrrole nitrogens is 1. The van der Waals surface area contributed by atoms with Crippen molar-refractivity contribution in [1.82, 2.24) is 15.4 Å². The highest BCUT2D eigenvalue weighted by Gasteiger charge is 1.98. The lowest BCUT2D eigenvalue weighted by Crippen LogP contribution is -1.81. The second-order valence-electron chi connectivity index (χ2n) is 1.86. The molecule has 10 heavy (non-hydrogen) atoms. The summed E-state index contributed by atoms with van der Waals surface area (Å²) in [6, 6.07) is 0. The van der Waals surface area contributed by atoms with E-state index in [-0.39, 0.29) is 5.76 Å². The molecular weight excluding hydrogens is 130 g/mol. The largest absolute Gasteiger partial charge is 0.506 e. The van der Waals surface area contributed by atoms with Crippen LogP contribution in [0.1, 0.15) is 19.0 Å². The summed E-state index contributed by atoms with van der Waals surface area (Å²) in [4.78, 5) is 0. The standard InChI is InChI=1S/C6H9N3O/c1-2-3-6(10)5-4-7-9-8-5/h3-4,10H,2H2,1H3,(H,7,8,9)/b6-3+. The summed E-state index contributed by atoms with van der Waals surface area (Å²) in [5.41, 5.74) is 0.488. The van der Waals surface area contributed by atoms with Crippen molar-refractivity contribution >= 4 is 5.76 Å². The fraction of sp³-hybridized carbons (Fsp3) is 0.333. The van der Waals surface area contributed by atoms with E-state index >= 15 is 0 Å². The molecule has 1 rings (SSSR count). The van der Waals surface area contributed by atoms with Crippen LogP contribution in [-0.2, 0) is 0 Å². The summed E-state index contributed by atoms with van der Waals surface area (Å²) in [7, 11) is 0. The van der Waals surface area contributed by atoms with Gasteiger partial charge in [-0.05, 0) is 12.5 Å². The Morgan fingerprint density at radius 3 is 3.20 bits per heavy atom. The molecule has 0 aliphatic rings. The molecule has 0 radical (unpaired) electrons. The van der Waals surface area contributed by atoms with Crippen LogP contribution in [0, 0.1) is 0 Å². The molecule has 0 aromatic carbocycles. The molecule has 1 aromatic rings.